The fourth-order valence-corrected chi connectivity index (χ4v) is 3.64. The molecule has 1 aromatic rings. The molecule has 2 fully saturated rings. The van der Waals surface area contributed by atoms with Crippen molar-refractivity contribution in [2.45, 2.75) is 45.1 Å². The number of rotatable bonds is 6. The zero-order valence-electron chi connectivity index (χ0n) is 14.7. The molecule has 0 aliphatic carbocycles. The summed E-state index contributed by atoms with van der Waals surface area (Å²) in [6, 6.07) is 0.360. The Morgan fingerprint density at radius 1 is 1.33 bits per heavy atom. The van der Waals surface area contributed by atoms with Crippen LogP contribution in [0.25, 0.3) is 0 Å². The van der Waals surface area contributed by atoms with Gasteiger partial charge in [0.15, 0.2) is 5.69 Å². The first-order chi connectivity index (χ1) is 11.7. The molecule has 2 aliphatic heterocycles. The van der Waals surface area contributed by atoms with Gasteiger partial charge in [-0.3, -0.25) is 4.79 Å². The maximum atomic E-state index is 12.3. The molecule has 0 aromatic carbocycles. The zero-order chi connectivity index (χ0) is 16.8. The molecule has 7 heteroatoms. The minimum absolute atomic E-state index is 0.110. The average molecular weight is 334 g/mol. The number of hydrogen-bond acceptors (Lipinski definition) is 5. The van der Waals surface area contributed by atoms with Gasteiger partial charge >= 0.3 is 0 Å². The lowest BCUT2D eigenvalue weighted by molar-refractivity contribution is 0.0937. The minimum Gasteiger partial charge on any atom is -0.350 e. The first-order valence-corrected chi connectivity index (χ1v) is 9.35. The molecule has 2 saturated heterocycles. The fourth-order valence-electron chi connectivity index (χ4n) is 3.64. The van der Waals surface area contributed by atoms with E-state index in [4.69, 9.17) is 0 Å². The Balaban J connectivity index is 1.43. The summed E-state index contributed by atoms with van der Waals surface area (Å²) in [5.74, 6) is 0.340. The van der Waals surface area contributed by atoms with Crippen LogP contribution in [0.2, 0.25) is 0 Å². The third-order valence-corrected chi connectivity index (χ3v) is 5.06. The summed E-state index contributed by atoms with van der Waals surface area (Å²) in [7, 11) is 0. The second kappa shape index (κ2) is 8.58. The molecule has 2 N–H and O–H groups in total. The van der Waals surface area contributed by atoms with E-state index < -0.39 is 0 Å². The van der Waals surface area contributed by atoms with Gasteiger partial charge < -0.3 is 15.5 Å². The van der Waals surface area contributed by atoms with Gasteiger partial charge in [0.25, 0.3) is 5.91 Å². The molecule has 3 rings (SSSR count). The van der Waals surface area contributed by atoms with Crippen LogP contribution >= 0.6 is 0 Å². The summed E-state index contributed by atoms with van der Waals surface area (Å²) >= 11 is 0. The summed E-state index contributed by atoms with van der Waals surface area (Å²) in [4.78, 5) is 14.8. The third kappa shape index (κ3) is 4.77. The third-order valence-electron chi connectivity index (χ3n) is 5.06. The highest BCUT2D eigenvalue weighted by atomic mass is 16.2. The van der Waals surface area contributed by atoms with Crippen LogP contribution in [-0.2, 0) is 0 Å². The van der Waals surface area contributed by atoms with Crippen molar-refractivity contribution in [3.05, 3.63) is 11.9 Å². The van der Waals surface area contributed by atoms with E-state index in [1.54, 1.807) is 6.20 Å². The van der Waals surface area contributed by atoms with Crippen LogP contribution in [0.4, 0.5) is 0 Å². The van der Waals surface area contributed by atoms with E-state index in [9.17, 15) is 4.79 Å². The highest BCUT2D eigenvalue weighted by Gasteiger charge is 2.19. The number of hydrogen-bond donors (Lipinski definition) is 2. The second-order valence-corrected chi connectivity index (χ2v) is 7.24. The van der Waals surface area contributed by atoms with Crippen LogP contribution in [0.15, 0.2) is 6.20 Å². The SMILES string of the molecule is CC(CNC(=O)c1cn(C2CCNCC2)nn1)CN1CCCCC1. The summed E-state index contributed by atoms with van der Waals surface area (Å²) in [6.07, 6.45) is 7.83. The second-order valence-electron chi connectivity index (χ2n) is 7.24. The van der Waals surface area contributed by atoms with Crippen LogP contribution in [0.5, 0.6) is 0 Å². The van der Waals surface area contributed by atoms with E-state index in [0.717, 1.165) is 32.5 Å². The lowest BCUT2D eigenvalue weighted by atomic mass is 10.1. The van der Waals surface area contributed by atoms with Crippen molar-refractivity contribution in [3.63, 3.8) is 0 Å². The van der Waals surface area contributed by atoms with Crippen molar-refractivity contribution in [1.29, 1.82) is 0 Å². The number of piperidine rings is 2. The summed E-state index contributed by atoms with van der Waals surface area (Å²) in [6.45, 7) is 8.34. The molecular formula is C17H30N6O. The van der Waals surface area contributed by atoms with Gasteiger partial charge in [-0.15, -0.1) is 5.10 Å². The van der Waals surface area contributed by atoms with Gasteiger partial charge in [0.2, 0.25) is 0 Å². The first kappa shape index (κ1) is 17.4. The first-order valence-electron chi connectivity index (χ1n) is 9.35. The highest BCUT2D eigenvalue weighted by Crippen LogP contribution is 2.17. The van der Waals surface area contributed by atoms with E-state index >= 15 is 0 Å². The molecule has 1 atom stereocenters. The topological polar surface area (TPSA) is 75.1 Å². The van der Waals surface area contributed by atoms with Crippen molar-refractivity contribution < 1.29 is 4.79 Å². The molecule has 0 spiro atoms. The number of likely N-dealkylation sites (tertiary alicyclic amines) is 1. The van der Waals surface area contributed by atoms with E-state index in [0.29, 0.717) is 24.2 Å². The predicted molar refractivity (Wildman–Crippen MR) is 93.0 cm³/mol. The molecule has 2 aliphatic rings. The molecule has 7 nitrogen and oxygen atoms in total. The summed E-state index contributed by atoms with van der Waals surface area (Å²) in [5, 5.41) is 14.6. The van der Waals surface area contributed by atoms with Crippen molar-refractivity contribution >= 4 is 5.91 Å². The van der Waals surface area contributed by atoms with Gasteiger partial charge in [-0.25, -0.2) is 4.68 Å². The van der Waals surface area contributed by atoms with E-state index in [1.165, 1.54) is 32.4 Å². The Hall–Kier alpha value is -1.47. The average Bonchev–Trinajstić information content (AvgIpc) is 3.11. The van der Waals surface area contributed by atoms with Crippen molar-refractivity contribution in [3.8, 4) is 0 Å². The molecule has 0 saturated carbocycles. The maximum Gasteiger partial charge on any atom is 0.273 e. The fraction of sp³-hybridized carbons (Fsp3) is 0.824. The van der Waals surface area contributed by atoms with E-state index in [-0.39, 0.29) is 5.91 Å². The normalized spacial score (nSPS) is 21.5. The molecular weight excluding hydrogens is 304 g/mol. The van der Waals surface area contributed by atoms with Gasteiger partial charge in [-0.05, 0) is 57.8 Å². The Kier molecular flexibility index (Phi) is 6.20. The van der Waals surface area contributed by atoms with Crippen molar-refractivity contribution in [2.75, 3.05) is 39.3 Å². The molecule has 3 heterocycles. The van der Waals surface area contributed by atoms with Crippen LogP contribution in [0, 0.1) is 5.92 Å². The minimum atomic E-state index is -0.110. The molecule has 1 unspecified atom stereocenters. The van der Waals surface area contributed by atoms with Crippen LogP contribution in [0.1, 0.15) is 55.6 Å². The van der Waals surface area contributed by atoms with Gasteiger partial charge in [-0.1, -0.05) is 18.6 Å². The Morgan fingerprint density at radius 2 is 2.08 bits per heavy atom. The smallest absolute Gasteiger partial charge is 0.273 e. The summed E-state index contributed by atoms with van der Waals surface area (Å²) in [5.41, 5.74) is 0.429. The van der Waals surface area contributed by atoms with Gasteiger partial charge in [0, 0.05) is 13.1 Å². The molecule has 0 radical (unpaired) electrons. The Bertz CT molecular complexity index is 519. The number of nitrogens with zero attached hydrogens (tertiary/aromatic N) is 4. The Morgan fingerprint density at radius 3 is 2.83 bits per heavy atom. The van der Waals surface area contributed by atoms with Crippen LogP contribution < -0.4 is 10.6 Å². The lowest BCUT2D eigenvalue weighted by Crippen LogP contribution is -2.38. The molecule has 1 amide bonds. The van der Waals surface area contributed by atoms with Gasteiger partial charge in [-0.2, -0.15) is 0 Å². The quantitative estimate of drug-likeness (QED) is 0.813. The molecule has 0 bridgehead atoms. The van der Waals surface area contributed by atoms with E-state index in [1.807, 2.05) is 4.68 Å². The number of carbonyl (C=O) groups is 1. The van der Waals surface area contributed by atoms with E-state index in [2.05, 4.69) is 32.8 Å². The maximum absolute atomic E-state index is 12.3. The predicted octanol–water partition coefficient (Wildman–Crippen LogP) is 1.05. The standard InChI is InChI=1S/C17H30N6O/c1-14(12-22-9-3-2-4-10-22)11-19-17(24)16-13-23(21-20-16)15-5-7-18-8-6-15/h13-15,18H,2-12H2,1H3,(H,19,24). The number of amides is 1. The molecule has 1 aromatic heterocycles. The van der Waals surface area contributed by atoms with Gasteiger partial charge in [0.1, 0.15) is 0 Å². The highest BCUT2D eigenvalue weighted by molar-refractivity contribution is 5.91. The summed E-state index contributed by atoms with van der Waals surface area (Å²) < 4.78 is 1.85. The zero-order valence-corrected chi connectivity index (χ0v) is 14.7. The molecule has 134 valence electrons. The number of carbonyl (C=O) groups excluding carboxylic acids is 1. The lowest BCUT2D eigenvalue weighted by Gasteiger charge is -2.29. The van der Waals surface area contributed by atoms with Crippen molar-refractivity contribution in [1.82, 2.24) is 30.5 Å². The number of aromatic nitrogens is 3. The van der Waals surface area contributed by atoms with Gasteiger partial charge in [0.05, 0.1) is 12.2 Å². The molecule has 24 heavy (non-hydrogen) atoms. The van der Waals surface area contributed by atoms with Crippen LogP contribution in [0.3, 0.4) is 0 Å². The Labute approximate surface area is 144 Å². The monoisotopic (exact) mass is 334 g/mol. The number of nitrogens with one attached hydrogen (secondary N) is 2. The largest absolute Gasteiger partial charge is 0.350 e. The van der Waals surface area contributed by atoms with Crippen molar-refractivity contribution in [2.24, 2.45) is 5.92 Å². The van der Waals surface area contributed by atoms with Crippen LogP contribution in [-0.4, -0.2) is 65.1 Å².